The number of hydrogen-bond acceptors (Lipinski definition) is 7. The van der Waals surface area contributed by atoms with Gasteiger partial charge in [-0.05, 0) is 70.4 Å². The number of imidazole rings is 1. The zero-order valence-corrected chi connectivity index (χ0v) is 30.3. The van der Waals surface area contributed by atoms with E-state index in [9.17, 15) is 19.2 Å². The van der Waals surface area contributed by atoms with Gasteiger partial charge in [0.15, 0.2) is 5.82 Å². The quantitative estimate of drug-likeness (QED) is 0.221. The first-order valence-electron chi connectivity index (χ1n) is 17.2. The third-order valence-electron chi connectivity index (χ3n) is 8.69. The Balaban J connectivity index is 1.50. The second-order valence-electron chi connectivity index (χ2n) is 14.7. The van der Waals surface area contributed by atoms with E-state index in [1.807, 2.05) is 65.6 Å². The zero-order valence-electron chi connectivity index (χ0n) is 30.3. The topological polar surface area (TPSA) is 144 Å². The number of anilines is 1. The number of nitrogens with zero attached hydrogens (tertiary/aromatic N) is 3. The van der Waals surface area contributed by atoms with Crippen LogP contribution in [-0.2, 0) is 30.5 Å². The molecule has 2 aromatic carbocycles. The average molecular weight is 689 g/mol. The molecule has 50 heavy (non-hydrogen) atoms. The second-order valence-corrected chi connectivity index (χ2v) is 14.7. The lowest BCUT2D eigenvalue weighted by Crippen LogP contribution is -2.59. The van der Waals surface area contributed by atoms with Gasteiger partial charge in [-0.25, -0.2) is 9.78 Å². The number of amides is 4. The van der Waals surface area contributed by atoms with Gasteiger partial charge in [0.2, 0.25) is 11.8 Å². The summed E-state index contributed by atoms with van der Waals surface area (Å²) in [5.41, 5.74) is -0.483. The minimum absolute atomic E-state index is 0.0344. The molecule has 12 heteroatoms. The Morgan fingerprint density at radius 2 is 1.54 bits per heavy atom. The Labute approximate surface area is 295 Å². The molecule has 1 aromatic heterocycles. The van der Waals surface area contributed by atoms with Gasteiger partial charge >= 0.3 is 6.09 Å². The number of carbonyl (C=O) groups excluding carboxylic acids is 4. The molecule has 1 aliphatic rings. The van der Waals surface area contributed by atoms with E-state index >= 15 is 0 Å². The zero-order chi connectivity index (χ0) is 36.5. The highest BCUT2D eigenvalue weighted by Crippen LogP contribution is 2.28. The molecule has 1 aliphatic heterocycles. The van der Waals surface area contributed by atoms with Gasteiger partial charge in [0, 0.05) is 19.3 Å². The number of likely N-dealkylation sites (tertiary alicyclic amines) is 1. The molecule has 2 heterocycles. The predicted molar refractivity (Wildman–Crippen MR) is 191 cm³/mol. The molecular formula is C38H52N6O6. The van der Waals surface area contributed by atoms with Gasteiger partial charge in [-0.2, -0.15) is 0 Å². The molecule has 0 radical (unpaired) electrons. The smallest absolute Gasteiger partial charge is 0.408 e. The molecule has 3 aromatic rings. The molecule has 0 spiro atoms. The van der Waals surface area contributed by atoms with Crippen molar-refractivity contribution < 1.29 is 28.7 Å². The van der Waals surface area contributed by atoms with Crippen LogP contribution in [0.5, 0.6) is 0 Å². The van der Waals surface area contributed by atoms with E-state index < -0.39 is 41.1 Å². The van der Waals surface area contributed by atoms with Gasteiger partial charge in [0.25, 0.3) is 5.91 Å². The van der Waals surface area contributed by atoms with Crippen LogP contribution >= 0.6 is 0 Å². The average Bonchev–Trinajstić information content (AvgIpc) is 3.51. The maximum absolute atomic E-state index is 14.0. The first kappa shape index (κ1) is 38.1. The summed E-state index contributed by atoms with van der Waals surface area (Å²) in [7, 11) is 0. The lowest BCUT2D eigenvalue weighted by Gasteiger charge is -2.36. The number of alkyl carbamates (subject to hydrolysis) is 1. The summed E-state index contributed by atoms with van der Waals surface area (Å²) in [6, 6.07) is 17.1. The Morgan fingerprint density at radius 3 is 2.14 bits per heavy atom. The largest absolute Gasteiger partial charge is 0.444 e. The van der Waals surface area contributed by atoms with Crippen molar-refractivity contribution in [3.8, 4) is 0 Å². The van der Waals surface area contributed by atoms with Crippen LogP contribution in [0.4, 0.5) is 10.6 Å². The van der Waals surface area contributed by atoms with Crippen LogP contribution in [0.1, 0.15) is 78.5 Å². The second kappa shape index (κ2) is 16.8. The molecule has 270 valence electrons. The van der Waals surface area contributed by atoms with E-state index in [-0.39, 0.29) is 24.9 Å². The van der Waals surface area contributed by atoms with Crippen molar-refractivity contribution >= 4 is 29.6 Å². The van der Waals surface area contributed by atoms with E-state index in [4.69, 9.17) is 9.47 Å². The number of hydrogen-bond donors (Lipinski definition) is 3. The normalized spacial score (nSPS) is 15.2. The molecule has 1 fully saturated rings. The molecule has 3 N–H and O–H groups in total. The Bertz CT molecular complexity index is 1580. The first-order chi connectivity index (χ1) is 23.6. The Morgan fingerprint density at radius 1 is 0.920 bits per heavy atom. The summed E-state index contributed by atoms with van der Waals surface area (Å²) in [4.78, 5) is 59.9. The number of rotatable bonds is 13. The van der Waals surface area contributed by atoms with Crippen molar-refractivity contribution in [1.29, 1.82) is 0 Å². The van der Waals surface area contributed by atoms with Gasteiger partial charge < -0.3 is 34.9 Å². The number of nitrogens with one attached hydrogen (secondary N) is 3. The lowest BCUT2D eigenvalue weighted by atomic mass is 9.86. The van der Waals surface area contributed by atoms with E-state index in [2.05, 4.69) is 34.8 Å². The van der Waals surface area contributed by atoms with Crippen LogP contribution in [0.3, 0.4) is 0 Å². The first-order valence-corrected chi connectivity index (χ1v) is 17.2. The predicted octanol–water partition coefficient (Wildman–Crippen LogP) is 5.31. The molecule has 0 bridgehead atoms. The number of carbonyl (C=O) groups is 4. The van der Waals surface area contributed by atoms with Crippen LogP contribution in [0, 0.1) is 11.8 Å². The van der Waals surface area contributed by atoms with Crippen LogP contribution < -0.4 is 16.0 Å². The fraction of sp³-hybridized carbons (Fsp3) is 0.500. The molecule has 4 amide bonds. The van der Waals surface area contributed by atoms with Crippen molar-refractivity contribution in [1.82, 2.24) is 25.1 Å². The highest BCUT2D eigenvalue weighted by atomic mass is 16.6. The van der Waals surface area contributed by atoms with Gasteiger partial charge in [-0.15, -0.1) is 0 Å². The molecule has 0 saturated carbocycles. The highest BCUT2D eigenvalue weighted by Gasteiger charge is 2.35. The van der Waals surface area contributed by atoms with Crippen LogP contribution in [-0.4, -0.2) is 75.1 Å². The van der Waals surface area contributed by atoms with E-state index in [1.54, 1.807) is 31.5 Å². The van der Waals surface area contributed by atoms with E-state index in [0.29, 0.717) is 24.9 Å². The number of piperidine rings is 1. The number of aromatic nitrogens is 2. The summed E-state index contributed by atoms with van der Waals surface area (Å²) < 4.78 is 12.9. The summed E-state index contributed by atoms with van der Waals surface area (Å²) in [6.07, 6.45) is 4.29. The molecule has 2 unspecified atom stereocenters. The molecule has 4 rings (SSSR count). The van der Waals surface area contributed by atoms with Gasteiger partial charge in [0.05, 0.1) is 19.5 Å². The maximum Gasteiger partial charge on any atom is 0.408 e. The van der Waals surface area contributed by atoms with Gasteiger partial charge in [-0.3, -0.25) is 14.4 Å². The highest BCUT2D eigenvalue weighted by molar-refractivity contribution is 5.98. The minimum Gasteiger partial charge on any atom is -0.444 e. The van der Waals surface area contributed by atoms with Crippen LogP contribution in [0.2, 0.25) is 0 Å². The summed E-state index contributed by atoms with van der Waals surface area (Å²) in [5.74, 6) is 0.134. The van der Waals surface area contributed by atoms with Gasteiger partial charge in [0.1, 0.15) is 23.2 Å². The third-order valence-corrected chi connectivity index (χ3v) is 8.69. The van der Waals surface area contributed by atoms with Crippen LogP contribution in [0.15, 0.2) is 73.2 Å². The third kappa shape index (κ3) is 10.9. The summed E-state index contributed by atoms with van der Waals surface area (Å²) >= 11 is 0. The van der Waals surface area contributed by atoms with Gasteiger partial charge in [-0.1, -0.05) is 74.5 Å². The number of benzene rings is 2. The Hall–Kier alpha value is -4.71. The maximum atomic E-state index is 14.0. The number of ether oxygens (including phenoxy) is 2. The molecule has 2 atom stereocenters. The Kier molecular flexibility index (Phi) is 12.8. The fourth-order valence-corrected chi connectivity index (χ4v) is 5.80. The lowest BCUT2D eigenvalue weighted by molar-refractivity contribution is -0.135. The van der Waals surface area contributed by atoms with Crippen molar-refractivity contribution in [2.45, 2.75) is 91.1 Å². The van der Waals surface area contributed by atoms with Crippen molar-refractivity contribution in [3.05, 3.63) is 84.3 Å². The summed E-state index contributed by atoms with van der Waals surface area (Å²) in [6.45, 7) is 14.1. The minimum atomic E-state index is -1.42. The molecule has 1 saturated heterocycles. The molecule has 12 nitrogen and oxygen atoms in total. The van der Waals surface area contributed by atoms with Crippen molar-refractivity contribution in [3.63, 3.8) is 0 Å². The SMILES string of the molecule is CC(C)C1CCN(C(=O)C(c2ccccc2)n2cnc(NC(=O)C(COCc3ccccc3)NC(=O)C(C)(C)NC(=O)OC(C)(C)C)c2)CC1. The van der Waals surface area contributed by atoms with Crippen molar-refractivity contribution in [2.75, 3.05) is 25.0 Å². The molecule has 0 aliphatic carbocycles. The standard InChI is InChI=1S/C38H52N6O6/c1-26(2)28-18-20-43(21-19-28)34(46)32(29-16-12-9-13-17-29)44-22-31(39-25-44)41-33(45)30(24-49-23-27-14-10-8-11-15-27)40-35(47)38(6,7)42-36(48)50-37(3,4)5/h8-17,22,25-26,28,30,32H,18-21,23-24H2,1-7H3,(H,40,47)(H,41,45)(H,42,48). The molecular weight excluding hydrogens is 636 g/mol. The fourth-order valence-electron chi connectivity index (χ4n) is 5.80. The van der Waals surface area contributed by atoms with Crippen molar-refractivity contribution in [2.24, 2.45) is 11.8 Å². The monoisotopic (exact) mass is 688 g/mol. The van der Waals surface area contributed by atoms with E-state index in [1.165, 1.54) is 20.2 Å². The summed E-state index contributed by atoms with van der Waals surface area (Å²) in [5, 5.41) is 8.07. The van der Waals surface area contributed by atoms with E-state index in [0.717, 1.165) is 24.0 Å². The van der Waals surface area contributed by atoms with Crippen LogP contribution in [0.25, 0.3) is 0 Å².